The van der Waals surface area contributed by atoms with Gasteiger partial charge < -0.3 is 15.4 Å². The van der Waals surface area contributed by atoms with Gasteiger partial charge in [0, 0.05) is 28.6 Å². The third-order valence-electron chi connectivity index (χ3n) is 5.27. The summed E-state index contributed by atoms with van der Waals surface area (Å²) in [6.07, 6.45) is 0.927. The van der Waals surface area contributed by atoms with E-state index < -0.39 is 4.92 Å². The van der Waals surface area contributed by atoms with Crippen LogP contribution in [0.5, 0.6) is 5.88 Å². The molecule has 0 fully saturated rings. The molecule has 0 amide bonds. The van der Waals surface area contributed by atoms with E-state index in [1.165, 1.54) is 17.7 Å². The standard InChI is InChI=1S/C25H24N4O3/c1-2-26-15-14-17-8-10-19(11-9-17)27-24(18-6-4-3-5-7-18)23-21-16-20(29(31)32)12-13-22(21)28-25(23)30/h3-13,16,26,28,30H,2,14-15H2,1H3. The maximum atomic E-state index is 11.3. The van der Waals surface area contributed by atoms with Crippen LogP contribution in [0.2, 0.25) is 0 Å². The number of likely N-dealkylation sites (N-methyl/N-ethyl adjacent to an activating group) is 1. The van der Waals surface area contributed by atoms with Gasteiger partial charge in [-0.3, -0.25) is 10.1 Å². The van der Waals surface area contributed by atoms with Gasteiger partial charge >= 0.3 is 0 Å². The molecule has 0 atom stereocenters. The zero-order valence-electron chi connectivity index (χ0n) is 17.7. The number of nitro benzene ring substituents is 1. The molecule has 1 heterocycles. The average molecular weight is 428 g/mol. The Morgan fingerprint density at radius 3 is 2.53 bits per heavy atom. The average Bonchev–Trinajstić information content (AvgIpc) is 3.14. The lowest BCUT2D eigenvalue weighted by Crippen LogP contribution is -2.15. The van der Waals surface area contributed by atoms with Gasteiger partial charge in [-0.15, -0.1) is 0 Å². The number of nitrogens with zero attached hydrogens (tertiary/aromatic N) is 2. The van der Waals surface area contributed by atoms with Gasteiger partial charge in [0.2, 0.25) is 0 Å². The Hall–Kier alpha value is -3.97. The molecule has 162 valence electrons. The van der Waals surface area contributed by atoms with E-state index in [2.05, 4.69) is 17.2 Å². The van der Waals surface area contributed by atoms with Crippen molar-refractivity contribution in [3.05, 3.63) is 99.6 Å². The summed E-state index contributed by atoms with van der Waals surface area (Å²) in [7, 11) is 0. The molecule has 1 aromatic heterocycles. The van der Waals surface area contributed by atoms with Gasteiger partial charge in [-0.05, 0) is 43.3 Å². The Bertz CT molecular complexity index is 1260. The summed E-state index contributed by atoms with van der Waals surface area (Å²) >= 11 is 0. The molecule has 0 aliphatic heterocycles. The Kier molecular flexibility index (Phi) is 6.28. The molecule has 4 rings (SSSR count). The first-order valence-corrected chi connectivity index (χ1v) is 10.5. The minimum atomic E-state index is -0.446. The first kappa shape index (κ1) is 21.3. The molecule has 0 radical (unpaired) electrons. The zero-order valence-corrected chi connectivity index (χ0v) is 17.7. The van der Waals surface area contributed by atoms with Crippen molar-refractivity contribution in [2.24, 2.45) is 4.99 Å². The van der Waals surface area contributed by atoms with Crippen molar-refractivity contribution in [3.63, 3.8) is 0 Å². The third-order valence-corrected chi connectivity index (χ3v) is 5.27. The number of benzene rings is 3. The molecule has 32 heavy (non-hydrogen) atoms. The van der Waals surface area contributed by atoms with Gasteiger partial charge in [0.1, 0.15) is 0 Å². The van der Waals surface area contributed by atoms with Crippen LogP contribution in [0.25, 0.3) is 10.9 Å². The largest absolute Gasteiger partial charge is 0.494 e. The van der Waals surface area contributed by atoms with Crippen molar-refractivity contribution >= 4 is 28.0 Å². The minimum Gasteiger partial charge on any atom is -0.494 e. The van der Waals surface area contributed by atoms with E-state index >= 15 is 0 Å². The Morgan fingerprint density at radius 1 is 1.09 bits per heavy atom. The summed E-state index contributed by atoms with van der Waals surface area (Å²) in [5.74, 6) is -0.0784. The molecule has 0 aliphatic carbocycles. The topological polar surface area (TPSA) is 104 Å². The van der Waals surface area contributed by atoms with E-state index in [4.69, 9.17) is 4.99 Å². The maximum Gasteiger partial charge on any atom is 0.270 e. The summed E-state index contributed by atoms with van der Waals surface area (Å²) in [5, 5.41) is 25.9. The van der Waals surface area contributed by atoms with Gasteiger partial charge in [0.25, 0.3) is 5.69 Å². The molecular weight excluding hydrogens is 404 g/mol. The number of aromatic amines is 1. The molecule has 0 bridgehead atoms. The van der Waals surface area contributed by atoms with Crippen LogP contribution in [-0.4, -0.2) is 33.8 Å². The van der Waals surface area contributed by atoms with Crippen molar-refractivity contribution in [3.8, 4) is 5.88 Å². The monoisotopic (exact) mass is 428 g/mol. The predicted molar refractivity (Wildman–Crippen MR) is 127 cm³/mol. The van der Waals surface area contributed by atoms with Crippen LogP contribution in [0.1, 0.15) is 23.6 Å². The molecule has 0 spiro atoms. The molecule has 7 nitrogen and oxygen atoms in total. The number of nitrogens with one attached hydrogen (secondary N) is 2. The molecule has 0 saturated heterocycles. The second kappa shape index (κ2) is 9.45. The van der Waals surface area contributed by atoms with E-state index in [0.717, 1.165) is 30.8 Å². The molecule has 0 saturated carbocycles. The molecule has 3 aromatic carbocycles. The number of aliphatic imine (C=N–C) groups is 1. The number of hydrogen-bond acceptors (Lipinski definition) is 5. The highest BCUT2D eigenvalue weighted by Gasteiger charge is 2.20. The number of nitro groups is 1. The van der Waals surface area contributed by atoms with Crippen LogP contribution in [0, 0.1) is 10.1 Å². The summed E-state index contributed by atoms with van der Waals surface area (Å²) in [5.41, 5.74) is 4.26. The van der Waals surface area contributed by atoms with Crippen LogP contribution in [-0.2, 0) is 6.42 Å². The van der Waals surface area contributed by atoms with Crippen molar-refractivity contribution in [1.29, 1.82) is 0 Å². The first-order valence-electron chi connectivity index (χ1n) is 10.5. The third kappa shape index (κ3) is 4.53. The molecule has 0 aliphatic rings. The number of fused-ring (bicyclic) bond motifs is 1. The summed E-state index contributed by atoms with van der Waals surface area (Å²) in [6, 6.07) is 21.9. The lowest BCUT2D eigenvalue weighted by molar-refractivity contribution is -0.384. The van der Waals surface area contributed by atoms with Gasteiger partial charge in [-0.25, -0.2) is 4.99 Å². The smallest absolute Gasteiger partial charge is 0.270 e. The van der Waals surface area contributed by atoms with Gasteiger partial charge in [-0.2, -0.15) is 0 Å². The second-order valence-corrected chi connectivity index (χ2v) is 7.43. The summed E-state index contributed by atoms with van der Waals surface area (Å²) in [4.78, 5) is 18.6. The highest BCUT2D eigenvalue weighted by molar-refractivity contribution is 6.22. The molecule has 0 unspecified atom stereocenters. The van der Waals surface area contributed by atoms with Gasteiger partial charge in [0.15, 0.2) is 5.88 Å². The fourth-order valence-corrected chi connectivity index (χ4v) is 3.66. The Morgan fingerprint density at radius 2 is 1.84 bits per heavy atom. The van der Waals surface area contributed by atoms with Crippen molar-refractivity contribution in [2.75, 3.05) is 13.1 Å². The lowest BCUT2D eigenvalue weighted by atomic mass is 10.0. The van der Waals surface area contributed by atoms with Crippen LogP contribution in [0.15, 0.2) is 77.8 Å². The van der Waals surface area contributed by atoms with Crippen molar-refractivity contribution < 1.29 is 10.0 Å². The van der Waals surface area contributed by atoms with Crippen LogP contribution >= 0.6 is 0 Å². The Labute approximate surface area is 185 Å². The van der Waals surface area contributed by atoms with E-state index in [1.807, 2.05) is 54.6 Å². The number of non-ortho nitro benzene ring substituents is 1. The number of aromatic hydroxyl groups is 1. The van der Waals surface area contributed by atoms with E-state index in [9.17, 15) is 15.2 Å². The predicted octanol–water partition coefficient (Wildman–Crippen LogP) is 5.10. The quantitative estimate of drug-likeness (QED) is 0.157. The fraction of sp³-hybridized carbons (Fsp3) is 0.160. The Balaban J connectivity index is 1.82. The number of aromatic nitrogens is 1. The van der Waals surface area contributed by atoms with Crippen LogP contribution in [0.3, 0.4) is 0 Å². The SMILES string of the molecule is CCNCCc1ccc(N=C(c2ccccc2)c2c(O)[nH]c3ccc([N+](=O)[O-])cc23)cc1. The van der Waals surface area contributed by atoms with E-state index in [-0.39, 0.29) is 11.6 Å². The van der Waals surface area contributed by atoms with Crippen LogP contribution in [0.4, 0.5) is 11.4 Å². The molecule has 7 heteroatoms. The first-order chi connectivity index (χ1) is 15.6. The molecule has 3 N–H and O–H groups in total. The maximum absolute atomic E-state index is 11.3. The van der Waals surface area contributed by atoms with Gasteiger partial charge in [0.05, 0.1) is 21.9 Å². The molecule has 4 aromatic rings. The van der Waals surface area contributed by atoms with E-state index in [1.54, 1.807) is 6.07 Å². The van der Waals surface area contributed by atoms with Crippen molar-refractivity contribution in [1.82, 2.24) is 10.3 Å². The lowest BCUT2D eigenvalue weighted by Gasteiger charge is -2.08. The second-order valence-electron chi connectivity index (χ2n) is 7.43. The molecular formula is C25H24N4O3. The zero-order chi connectivity index (χ0) is 22.5. The number of H-pyrrole nitrogens is 1. The van der Waals surface area contributed by atoms with E-state index in [0.29, 0.717) is 22.2 Å². The highest BCUT2D eigenvalue weighted by atomic mass is 16.6. The van der Waals surface area contributed by atoms with Crippen LogP contribution < -0.4 is 5.32 Å². The summed E-state index contributed by atoms with van der Waals surface area (Å²) < 4.78 is 0. The number of hydrogen-bond donors (Lipinski definition) is 3. The fourth-order valence-electron chi connectivity index (χ4n) is 3.66. The normalized spacial score (nSPS) is 11.7. The van der Waals surface area contributed by atoms with Gasteiger partial charge in [-0.1, -0.05) is 49.4 Å². The summed E-state index contributed by atoms with van der Waals surface area (Å²) in [6.45, 7) is 3.93. The minimum absolute atomic E-state index is 0.0461. The number of rotatable bonds is 8. The highest BCUT2D eigenvalue weighted by Crippen LogP contribution is 2.33. The van der Waals surface area contributed by atoms with Crippen molar-refractivity contribution in [2.45, 2.75) is 13.3 Å².